The summed E-state index contributed by atoms with van der Waals surface area (Å²) in [6.45, 7) is 1.89. The van der Waals surface area contributed by atoms with Crippen LogP contribution < -0.4 is 0 Å². The predicted molar refractivity (Wildman–Crippen MR) is 81.6 cm³/mol. The zero-order chi connectivity index (χ0) is 14.9. The number of aliphatic hydroxyl groups excluding tert-OH is 1. The van der Waals surface area contributed by atoms with Crippen LogP contribution in [0, 0.1) is 18.6 Å². The van der Waals surface area contributed by atoms with Gasteiger partial charge < -0.3 is 5.11 Å². The van der Waals surface area contributed by atoms with Crippen LogP contribution >= 0.6 is 31.9 Å². The van der Waals surface area contributed by atoms with Gasteiger partial charge >= 0.3 is 0 Å². The third kappa shape index (κ3) is 3.27. The monoisotopic (exact) mass is 404 g/mol. The third-order valence-corrected chi connectivity index (χ3v) is 4.61. The Kier molecular flexibility index (Phi) is 4.94. The maximum atomic E-state index is 13.9. The highest BCUT2D eigenvalue weighted by molar-refractivity contribution is 9.10. The first-order valence-electron chi connectivity index (χ1n) is 5.96. The lowest BCUT2D eigenvalue weighted by Gasteiger charge is -2.14. The van der Waals surface area contributed by atoms with Gasteiger partial charge in [0.05, 0.1) is 10.6 Å². The average molecular weight is 406 g/mol. The van der Waals surface area contributed by atoms with Crippen LogP contribution in [0.2, 0.25) is 0 Å². The molecule has 2 aromatic rings. The molecule has 0 aromatic heterocycles. The van der Waals surface area contributed by atoms with Crippen molar-refractivity contribution in [2.24, 2.45) is 0 Å². The van der Waals surface area contributed by atoms with E-state index in [1.807, 2.05) is 13.0 Å². The van der Waals surface area contributed by atoms with Crippen LogP contribution in [-0.4, -0.2) is 5.11 Å². The lowest BCUT2D eigenvalue weighted by molar-refractivity contribution is 0.175. The molecule has 0 radical (unpaired) electrons. The summed E-state index contributed by atoms with van der Waals surface area (Å²) in [5.74, 6) is -1.32. The Balaban J connectivity index is 2.30. The normalized spacial score (nSPS) is 12.5. The molecule has 0 heterocycles. The summed E-state index contributed by atoms with van der Waals surface area (Å²) in [6, 6.07) is 7.83. The summed E-state index contributed by atoms with van der Waals surface area (Å²) in [4.78, 5) is 0. The summed E-state index contributed by atoms with van der Waals surface area (Å²) in [5, 5.41) is 10.2. The van der Waals surface area contributed by atoms with E-state index in [0.717, 1.165) is 10.0 Å². The Bertz CT molecular complexity index is 644. The Labute approximate surface area is 132 Å². The molecule has 0 fully saturated rings. The second-order valence-electron chi connectivity index (χ2n) is 4.55. The molecule has 0 aliphatic carbocycles. The molecule has 1 atom stereocenters. The van der Waals surface area contributed by atoms with E-state index in [1.54, 1.807) is 12.1 Å². The van der Waals surface area contributed by atoms with Crippen LogP contribution in [0.4, 0.5) is 8.78 Å². The van der Waals surface area contributed by atoms with E-state index < -0.39 is 17.7 Å². The van der Waals surface area contributed by atoms with Crippen molar-refractivity contribution in [1.82, 2.24) is 0 Å². The fourth-order valence-corrected chi connectivity index (χ4v) is 2.56. The first-order chi connectivity index (χ1) is 9.40. The summed E-state index contributed by atoms with van der Waals surface area (Å²) >= 11 is 6.39. The fraction of sp³-hybridized carbons (Fsp3) is 0.200. The minimum atomic E-state index is -0.958. The van der Waals surface area contributed by atoms with Crippen molar-refractivity contribution in [3.8, 4) is 0 Å². The molecule has 5 heteroatoms. The summed E-state index contributed by atoms with van der Waals surface area (Å²) in [7, 11) is 0. The first kappa shape index (κ1) is 15.6. The molecule has 2 rings (SSSR count). The zero-order valence-electron chi connectivity index (χ0n) is 10.6. The minimum Gasteiger partial charge on any atom is -0.388 e. The van der Waals surface area contributed by atoms with E-state index in [2.05, 4.69) is 31.9 Å². The average Bonchev–Trinajstić information content (AvgIpc) is 2.42. The molecule has 0 aliphatic heterocycles. The van der Waals surface area contributed by atoms with Crippen molar-refractivity contribution >= 4 is 31.9 Å². The molecule has 1 N–H and O–H groups in total. The van der Waals surface area contributed by atoms with Crippen molar-refractivity contribution in [2.45, 2.75) is 19.4 Å². The van der Waals surface area contributed by atoms with Crippen LogP contribution in [-0.2, 0) is 6.42 Å². The molecule has 0 amide bonds. The van der Waals surface area contributed by atoms with Crippen molar-refractivity contribution in [3.05, 3.63) is 67.6 Å². The van der Waals surface area contributed by atoms with Gasteiger partial charge in [-0.3, -0.25) is 0 Å². The molecule has 0 saturated heterocycles. The largest absolute Gasteiger partial charge is 0.388 e. The highest BCUT2D eigenvalue weighted by Gasteiger charge is 2.17. The van der Waals surface area contributed by atoms with E-state index in [4.69, 9.17) is 0 Å². The minimum absolute atomic E-state index is 0.113. The van der Waals surface area contributed by atoms with Gasteiger partial charge in [0.2, 0.25) is 0 Å². The highest BCUT2D eigenvalue weighted by atomic mass is 79.9. The zero-order valence-corrected chi connectivity index (χ0v) is 13.8. The SMILES string of the molecule is Cc1cc(C(O)Cc2c(F)ccc(Br)c2F)ccc1Br. The molecule has 0 spiro atoms. The lowest BCUT2D eigenvalue weighted by Crippen LogP contribution is -2.06. The maximum Gasteiger partial charge on any atom is 0.143 e. The Hall–Kier alpha value is -0.780. The second kappa shape index (κ2) is 6.33. The molecule has 2 aromatic carbocycles. The molecule has 0 bridgehead atoms. The molecular weight excluding hydrogens is 394 g/mol. The maximum absolute atomic E-state index is 13.9. The number of aryl methyl sites for hydroxylation is 1. The second-order valence-corrected chi connectivity index (χ2v) is 6.26. The van der Waals surface area contributed by atoms with Gasteiger partial charge in [-0.25, -0.2) is 8.78 Å². The number of aliphatic hydroxyl groups is 1. The Morgan fingerprint density at radius 1 is 1.10 bits per heavy atom. The molecule has 0 saturated carbocycles. The quantitative estimate of drug-likeness (QED) is 0.706. The van der Waals surface area contributed by atoms with E-state index in [0.29, 0.717) is 5.56 Å². The number of halogens is 4. The van der Waals surface area contributed by atoms with Gasteiger partial charge in [0, 0.05) is 16.5 Å². The first-order valence-corrected chi connectivity index (χ1v) is 7.55. The van der Waals surface area contributed by atoms with Gasteiger partial charge in [0.15, 0.2) is 0 Å². The van der Waals surface area contributed by atoms with E-state index >= 15 is 0 Å². The van der Waals surface area contributed by atoms with Crippen molar-refractivity contribution in [1.29, 1.82) is 0 Å². The molecule has 106 valence electrons. The van der Waals surface area contributed by atoms with Crippen LogP contribution in [0.1, 0.15) is 22.8 Å². The molecule has 1 nitrogen and oxygen atoms in total. The van der Waals surface area contributed by atoms with Gasteiger partial charge in [-0.05, 0) is 52.2 Å². The number of benzene rings is 2. The van der Waals surface area contributed by atoms with Gasteiger partial charge in [0.1, 0.15) is 11.6 Å². The number of rotatable bonds is 3. The molecule has 0 aliphatic rings. The molecule has 1 unspecified atom stereocenters. The van der Waals surface area contributed by atoms with E-state index in [9.17, 15) is 13.9 Å². The van der Waals surface area contributed by atoms with Crippen molar-refractivity contribution < 1.29 is 13.9 Å². The van der Waals surface area contributed by atoms with Crippen LogP contribution in [0.25, 0.3) is 0 Å². The number of hydrogen-bond acceptors (Lipinski definition) is 1. The lowest BCUT2D eigenvalue weighted by atomic mass is 9.99. The molecule has 20 heavy (non-hydrogen) atoms. The number of hydrogen-bond donors (Lipinski definition) is 1. The van der Waals surface area contributed by atoms with Crippen LogP contribution in [0.3, 0.4) is 0 Å². The van der Waals surface area contributed by atoms with E-state index in [-0.39, 0.29) is 16.5 Å². The highest BCUT2D eigenvalue weighted by Crippen LogP contribution is 2.28. The summed E-state index contributed by atoms with van der Waals surface area (Å²) in [6.07, 6.45) is -1.07. The standard InChI is InChI=1S/C15H12Br2F2O/c1-8-6-9(2-3-11(8)16)14(20)7-10-13(18)5-4-12(17)15(10)19/h2-6,14,20H,7H2,1H3. The van der Waals surface area contributed by atoms with Crippen LogP contribution in [0.15, 0.2) is 39.3 Å². The van der Waals surface area contributed by atoms with Crippen LogP contribution in [0.5, 0.6) is 0 Å². The molecular formula is C15H12Br2F2O. The van der Waals surface area contributed by atoms with Crippen molar-refractivity contribution in [2.75, 3.05) is 0 Å². The summed E-state index contributed by atoms with van der Waals surface area (Å²) < 4.78 is 28.7. The Morgan fingerprint density at radius 2 is 1.75 bits per heavy atom. The van der Waals surface area contributed by atoms with Gasteiger partial charge in [-0.15, -0.1) is 0 Å². The van der Waals surface area contributed by atoms with Gasteiger partial charge in [-0.1, -0.05) is 28.1 Å². The van der Waals surface area contributed by atoms with Crippen molar-refractivity contribution in [3.63, 3.8) is 0 Å². The fourth-order valence-electron chi connectivity index (χ4n) is 1.94. The van der Waals surface area contributed by atoms with E-state index in [1.165, 1.54) is 12.1 Å². The Morgan fingerprint density at radius 3 is 2.40 bits per heavy atom. The predicted octanol–water partition coefficient (Wildman–Crippen LogP) is 5.07. The third-order valence-electron chi connectivity index (χ3n) is 3.10. The topological polar surface area (TPSA) is 20.2 Å². The van der Waals surface area contributed by atoms with Gasteiger partial charge in [0.25, 0.3) is 0 Å². The van der Waals surface area contributed by atoms with Gasteiger partial charge in [-0.2, -0.15) is 0 Å². The summed E-state index contributed by atoms with van der Waals surface area (Å²) in [5.41, 5.74) is 1.47. The smallest absolute Gasteiger partial charge is 0.143 e.